The second kappa shape index (κ2) is 3.85. The summed E-state index contributed by atoms with van der Waals surface area (Å²) in [6.45, 7) is -1.63. The molecule has 1 atom stereocenters. The van der Waals surface area contributed by atoms with E-state index in [2.05, 4.69) is 0 Å². The monoisotopic (exact) mass is 221 g/mol. The predicted molar refractivity (Wildman–Crippen MR) is 56.9 cm³/mol. The Labute approximate surface area is 98.6 Å². The predicted octanol–water partition coefficient (Wildman–Crippen LogP) is 3.42. The van der Waals surface area contributed by atoms with Crippen LogP contribution >= 0.6 is 0 Å². The fourth-order valence-corrected chi connectivity index (χ4v) is 2.25. The van der Waals surface area contributed by atoms with Crippen LogP contribution in [-0.2, 0) is 0 Å². The average Bonchev–Trinajstić information content (AvgIpc) is 2.72. The smallest absolute Gasteiger partial charge is 0.270 e. The summed E-state index contributed by atoms with van der Waals surface area (Å²) in [6.07, 6.45) is -4.69. The highest BCUT2D eigenvalue weighted by Crippen LogP contribution is 2.46. The highest BCUT2D eigenvalue weighted by atomic mass is 19.3. The van der Waals surface area contributed by atoms with Crippen LogP contribution in [-0.4, -0.2) is 23.4 Å². The largest absolute Gasteiger partial charge is 0.293 e. The van der Waals surface area contributed by atoms with Crippen molar-refractivity contribution in [1.29, 1.82) is 0 Å². The first-order valence-corrected chi connectivity index (χ1v) is 5.16. The minimum Gasteiger partial charge on any atom is -0.293 e. The van der Waals surface area contributed by atoms with E-state index in [1.807, 2.05) is 0 Å². The Bertz CT molecular complexity index is 486. The first-order valence-electron chi connectivity index (χ1n) is 8.16. The van der Waals surface area contributed by atoms with Crippen LogP contribution in [0.5, 0.6) is 0 Å². The van der Waals surface area contributed by atoms with Crippen LogP contribution in [0.15, 0.2) is 11.7 Å². The van der Waals surface area contributed by atoms with E-state index >= 15 is 0 Å². The molecule has 3 heteroatoms. The van der Waals surface area contributed by atoms with Gasteiger partial charge in [-0.05, 0) is 38.1 Å². The van der Waals surface area contributed by atoms with E-state index in [-0.39, 0.29) is 12.8 Å². The normalized spacial score (nSPS) is 45.0. The van der Waals surface area contributed by atoms with Crippen LogP contribution in [0.1, 0.15) is 47.7 Å². The summed E-state index contributed by atoms with van der Waals surface area (Å²) < 4.78 is 74.7. The molecule has 86 valence electrons. The molecule has 0 saturated carbocycles. The molecule has 15 heavy (non-hydrogen) atoms. The van der Waals surface area contributed by atoms with Gasteiger partial charge in [-0.1, -0.05) is 13.8 Å². The molecule has 2 heterocycles. The van der Waals surface area contributed by atoms with Crippen molar-refractivity contribution >= 4 is 0 Å². The van der Waals surface area contributed by atoms with Gasteiger partial charge in [-0.25, -0.2) is 0 Å². The van der Waals surface area contributed by atoms with Crippen LogP contribution in [0.25, 0.3) is 0 Å². The molecular weight excluding hydrogens is 196 g/mol. The van der Waals surface area contributed by atoms with E-state index in [9.17, 15) is 8.78 Å². The number of halogens is 2. The summed E-state index contributed by atoms with van der Waals surface area (Å²) in [5, 5.41) is 0. The fraction of sp³-hybridized carbons (Fsp3) is 0.833. The third-order valence-corrected chi connectivity index (χ3v) is 2.74. The Morgan fingerprint density at radius 3 is 3.00 bits per heavy atom. The second-order valence-electron chi connectivity index (χ2n) is 4.35. The highest BCUT2D eigenvalue weighted by Gasteiger charge is 2.47. The van der Waals surface area contributed by atoms with E-state index in [1.165, 1.54) is 0 Å². The minimum atomic E-state index is -2.68. The van der Waals surface area contributed by atoms with Gasteiger partial charge in [0.1, 0.15) is 0 Å². The molecule has 0 spiro atoms. The Balaban J connectivity index is 2.69. The van der Waals surface area contributed by atoms with Crippen LogP contribution in [0.3, 0.4) is 0 Å². The van der Waals surface area contributed by atoms with Gasteiger partial charge in [-0.3, -0.25) is 4.90 Å². The van der Waals surface area contributed by atoms with Crippen molar-refractivity contribution < 1.29 is 17.0 Å². The molecule has 0 amide bonds. The Hall–Kier alpha value is -0.440. The lowest BCUT2D eigenvalue weighted by Gasteiger charge is -2.33. The lowest BCUT2D eigenvalue weighted by atomic mass is 9.84. The quantitative estimate of drug-likeness (QED) is 0.690. The highest BCUT2D eigenvalue weighted by molar-refractivity contribution is 5.21. The number of rotatable bonds is 2. The molecule has 0 unspecified atom stereocenters. The maximum Gasteiger partial charge on any atom is 0.270 e. The maximum absolute atomic E-state index is 13.1. The van der Waals surface area contributed by atoms with Crippen LogP contribution in [0, 0.1) is 5.92 Å². The van der Waals surface area contributed by atoms with Crippen molar-refractivity contribution in [2.45, 2.75) is 45.0 Å². The van der Waals surface area contributed by atoms with Crippen LogP contribution < -0.4 is 0 Å². The van der Waals surface area contributed by atoms with Gasteiger partial charge < -0.3 is 0 Å². The zero-order chi connectivity index (χ0) is 16.4. The fourth-order valence-electron chi connectivity index (χ4n) is 2.25. The number of nitrogens with zero attached hydrogens (tertiary/aromatic N) is 1. The number of hydrogen-bond donors (Lipinski definition) is 0. The molecule has 0 aliphatic carbocycles. The second-order valence-corrected chi connectivity index (χ2v) is 4.35. The lowest BCUT2D eigenvalue weighted by molar-refractivity contribution is 0.163. The van der Waals surface area contributed by atoms with Gasteiger partial charge in [0.25, 0.3) is 6.08 Å². The van der Waals surface area contributed by atoms with Crippen molar-refractivity contribution in [1.82, 2.24) is 4.90 Å². The number of fused-ring (bicyclic) bond motifs is 1. The van der Waals surface area contributed by atoms with E-state index < -0.39 is 48.9 Å². The molecule has 0 aromatic carbocycles. The molecule has 0 bridgehead atoms. The van der Waals surface area contributed by atoms with Crippen LogP contribution in [0.4, 0.5) is 8.78 Å². The van der Waals surface area contributed by atoms with E-state index in [0.717, 1.165) is 4.90 Å². The van der Waals surface area contributed by atoms with Gasteiger partial charge in [0, 0.05) is 25.8 Å². The molecule has 2 fully saturated rings. The van der Waals surface area contributed by atoms with E-state index in [4.69, 9.17) is 8.22 Å². The summed E-state index contributed by atoms with van der Waals surface area (Å²) >= 11 is 0. The zero-order valence-electron chi connectivity index (χ0n) is 14.9. The van der Waals surface area contributed by atoms with Crippen molar-refractivity contribution in [3.8, 4) is 0 Å². The lowest BCUT2D eigenvalue weighted by Crippen LogP contribution is -2.39. The van der Waals surface area contributed by atoms with Gasteiger partial charge in [0.15, 0.2) is 0 Å². The summed E-state index contributed by atoms with van der Waals surface area (Å²) in [6, 6.07) is 0. The first-order chi connectivity index (χ1) is 9.31. The molecule has 0 N–H and O–H groups in total. The molecule has 2 rings (SSSR count). The molecule has 0 aromatic rings. The molecule has 2 aliphatic heterocycles. The van der Waals surface area contributed by atoms with Crippen molar-refractivity contribution in [2.24, 2.45) is 5.92 Å². The number of hydrogen-bond acceptors (Lipinski definition) is 1. The molecule has 0 aromatic heterocycles. The Morgan fingerprint density at radius 2 is 2.40 bits per heavy atom. The van der Waals surface area contributed by atoms with Crippen molar-refractivity contribution in [2.75, 3.05) is 13.0 Å². The topological polar surface area (TPSA) is 3.24 Å². The summed E-state index contributed by atoms with van der Waals surface area (Å²) in [5.41, 5.74) is -2.37. The van der Waals surface area contributed by atoms with Gasteiger partial charge in [-0.2, -0.15) is 8.78 Å². The maximum atomic E-state index is 13.1. The molecule has 2 aliphatic rings. The molecular formula is C12H19F2N. The third kappa shape index (κ3) is 1.94. The Morgan fingerprint density at radius 1 is 1.67 bits per heavy atom. The molecule has 2 saturated heterocycles. The minimum absolute atomic E-state index is 0.0153. The van der Waals surface area contributed by atoms with Crippen molar-refractivity contribution in [3.63, 3.8) is 0 Å². The first kappa shape index (κ1) is 5.76. The van der Waals surface area contributed by atoms with E-state index in [1.54, 1.807) is 13.8 Å². The summed E-state index contributed by atoms with van der Waals surface area (Å²) in [4.78, 5) is 0.724. The van der Waals surface area contributed by atoms with Gasteiger partial charge in [0.05, 0.1) is 0 Å². The van der Waals surface area contributed by atoms with Gasteiger partial charge in [-0.15, -0.1) is 0 Å². The third-order valence-electron chi connectivity index (χ3n) is 2.74. The van der Waals surface area contributed by atoms with E-state index in [0.29, 0.717) is 0 Å². The van der Waals surface area contributed by atoms with Gasteiger partial charge in [0.2, 0.25) is 0 Å². The standard InChI is InChI=1S/C12H19F2N/c1-9(2)6-12-4-3-5-15(12)8-10(7-12)11(13)14/h9H,3-8H2,1-2H3/t12-/m1/s1/i5D2,6D2,8D2. The summed E-state index contributed by atoms with van der Waals surface area (Å²) in [5.74, 6) is -0.549. The Kier molecular flexibility index (Phi) is 1.48. The molecule has 1 nitrogen and oxygen atoms in total. The molecule has 0 radical (unpaired) electrons. The van der Waals surface area contributed by atoms with Gasteiger partial charge >= 0.3 is 0 Å². The van der Waals surface area contributed by atoms with Crippen molar-refractivity contribution in [3.05, 3.63) is 11.7 Å². The summed E-state index contributed by atoms with van der Waals surface area (Å²) in [7, 11) is 0. The average molecular weight is 221 g/mol. The zero-order valence-corrected chi connectivity index (χ0v) is 8.90. The van der Waals surface area contributed by atoms with Crippen LogP contribution in [0.2, 0.25) is 0 Å². The SMILES string of the molecule is [2H]C1([2H])CC[C@@]2(C([2H])([2H])C(C)C)CC(=C(F)F)C([2H])([2H])N12.